The zero-order chi connectivity index (χ0) is 13.2. The molecule has 0 aliphatic rings. The van der Waals surface area contributed by atoms with Gasteiger partial charge in [0.25, 0.3) is 0 Å². The van der Waals surface area contributed by atoms with Crippen molar-refractivity contribution in [3.05, 3.63) is 50.9 Å². The van der Waals surface area contributed by atoms with E-state index in [-0.39, 0.29) is 0 Å². The molecule has 1 unspecified atom stereocenters. The lowest BCUT2D eigenvalue weighted by Gasteiger charge is -2.22. The molecule has 0 saturated heterocycles. The number of hydrogen-bond acceptors (Lipinski definition) is 3. The van der Waals surface area contributed by atoms with Gasteiger partial charge in [0.05, 0.1) is 16.3 Å². The third kappa shape index (κ3) is 3.80. The molecule has 2 aromatic rings. The lowest BCUT2D eigenvalue weighted by molar-refractivity contribution is 0.0600. The van der Waals surface area contributed by atoms with E-state index in [1.54, 1.807) is 11.3 Å². The molecule has 4 heteroatoms. The Kier molecular flexibility index (Phi) is 4.05. The first-order valence-corrected chi connectivity index (χ1v) is 7.08. The van der Waals surface area contributed by atoms with Crippen molar-refractivity contribution in [1.82, 2.24) is 4.98 Å². The summed E-state index contributed by atoms with van der Waals surface area (Å²) in [6.07, 6.45) is 1.17. The third-order valence-corrected chi connectivity index (χ3v) is 3.80. The minimum atomic E-state index is -0.783. The van der Waals surface area contributed by atoms with E-state index in [9.17, 15) is 5.11 Å². The maximum atomic E-state index is 10.4. The van der Waals surface area contributed by atoms with Crippen molar-refractivity contribution >= 4 is 22.9 Å². The average Bonchev–Trinajstić information content (AvgIpc) is 2.66. The molecule has 0 bridgehead atoms. The summed E-state index contributed by atoms with van der Waals surface area (Å²) in [7, 11) is 0. The van der Waals surface area contributed by atoms with Gasteiger partial charge in [0.2, 0.25) is 0 Å². The van der Waals surface area contributed by atoms with Crippen LogP contribution in [0.25, 0.3) is 0 Å². The summed E-state index contributed by atoms with van der Waals surface area (Å²) in [5.74, 6) is 0. The third-order valence-electron chi connectivity index (χ3n) is 2.73. The lowest BCUT2D eigenvalue weighted by Crippen LogP contribution is -2.30. The van der Waals surface area contributed by atoms with Gasteiger partial charge >= 0.3 is 0 Å². The van der Waals surface area contributed by atoms with Crippen LogP contribution in [-0.4, -0.2) is 15.7 Å². The van der Waals surface area contributed by atoms with Crippen LogP contribution in [0.1, 0.15) is 23.2 Å². The predicted octanol–water partition coefficient (Wildman–Crippen LogP) is 3.64. The molecule has 0 aliphatic heterocycles. The summed E-state index contributed by atoms with van der Waals surface area (Å²) < 4.78 is 0. The SMILES string of the molecule is Cc1nc(CC(C)(O)Cc2ccc(Cl)cc2)cs1. The molecule has 1 heterocycles. The highest BCUT2D eigenvalue weighted by Gasteiger charge is 2.22. The minimum absolute atomic E-state index is 0.569. The second kappa shape index (κ2) is 5.39. The summed E-state index contributed by atoms with van der Waals surface area (Å²) in [6, 6.07) is 7.59. The van der Waals surface area contributed by atoms with Crippen LogP contribution >= 0.6 is 22.9 Å². The van der Waals surface area contributed by atoms with Crippen LogP contribution < -0.4 is 0 Å². The van der Waals surface area contributed by atoms with Gasteiger partial charge in [0, 0.05) is 23.2 Å². The normalized spacial score (nSPS) is 14.4. The molecule has 0 amide bonds. The van der Waals surface area contributed by atoms with Gasteiger partial charge in [-0.1, -0.05) is 23.7 Å². The number of nitrogens with zero attached hydrogens (tertiary/aromatic N) is 1. The Hall–Kier alpha value is -0.900. The summed E-state index contributed by atoms with van der Waals surface area (Å²) in [6.45, 7) is 3.82. The molecule has 18 heavy (non-hydrogen) atoms. The molecule has 1 N–H and O–H groups in total. The van der Waals surface area contributed by atoms with Crippen LogP contribution in [0.4, 0.5) is 0 Å². The van der Waals surface area contributed by atoms with Gasteiger partial charge in [-0.2, -0.15) is 0 Å². The highest BCUT2D eigenvalue weighted by molar-refractivity contribution is 7.09. The fourth-order valence-corrected chi connectivity index (χ4v) is 2.72. The summed E-state index contributed by atoms with van der Waals surface area (Å²) in [4.78, 5) is 4.39. The molecule has 0 radical (unpaired) electrons. The number of halogens is 1. The van der Waals surface area contributed by atoms with Crippen LogP contribution in [0.5, 0.6) is 0 Å². The molecular weight excluding hydrogens is 266 g/mol. The molecule has 1 aromatic heterocycles. The maximum absolute atomic E-state index is 10.4. The van der Waals surface area contributed by atoms with E-state index in [2.05, 4.69) is 4.98 Å². The van der Waals surface area contributed by atoms with Gasteiger partial charge in [-0.15, -0.1) is 11.3 Å². The summed E-state index contributed by atoms with van der Waals surface area (Å²) in [5, 5.41) is 14.2. The van der Waals surface area contributed by atoms with Gasteiger partial charge < -0.3 is 5.11 Å². The highest BCUT2D eigenvalue weighted by atomic mass is 35.5. The number of hydrogen-bond donors (Lipinski definition) is 1. The van der Waals surface area contributed by atoms with Gasteiger partial charge in [-0.25, -0.2) is 4.98 Å². The van der Waals surface area contributed by atoms with E-state index in [0.29, 0.717) is 17.9 Å². The summed E-state index contributed by atoms with van der Waals surface area (Å²) in [5.41, 5.74) is 1.25. The molecule has 2 rings (SSSR count). The van der Waals surface area contributed by atoms with Crippen LogP contribution in [0.15, 0.2) is 29.6 Å². The Morgan fingerprint density at radius 2 is 1.94 bits per heavy atom. The van der Waals surface area contributed by atoms with Crippen molar-refractivity contribution in [2.24, 2.45) is 0 Å². The average molecular weight is 282 g/mol. The first-order valence-electron chi connectivity index (χ1n) is 5.82. The predicted molar refractivity (Wildman–Crippen MR) is 76.3 cm³/mol. The zero-order valence-corrected chi connectivity index (χ0v) is 12.1. The Morgan fingerprint density at radius 3 is 2.50 bits per heavy atom. The Balaban J connectivity index is 2.04. The fraction of sp³-hybridized carbons (Fsp3) is 0.357. The first kappa shape index (κ1) is 13.5. The zero-order valence-electron chi connectivity index (χ0n) is 10.5. The van der Waals surface area contributed by atoms with E-state index < -0.39 is 5.60 Å². The van der Waals surface area contributed by atoms with E-state index in [1.165, 1.54) is 0 Å². The van der Waals surface area contributed by atoms with Crippen molar-refractivity contribution < 1.29 is 5.11 Å². The van der Waals surface area contributed by atoms with E-state index in [4.69, 9.17) is 11.6 Å². The van der Waals surface area contributed by atoms with E-state index in [0.717, 1.165) is 16.3 Å². The Bertz CT molecular complexity index is 519. The van der Waals surface area contributed by atoms with Crippen molar-refractivity contribution in [2.75, 3.05) is 0 Å². The first-order chi connectivity index (χ1) is 8.44. The molecule has 0 fully saturated rings. The molecule has 96 valence electrons. The second-order valence-electron chi connectivity index (χ2n) is 4.83. The lowest BCUT2D eigenvalue weighted by atomic mass is 9.92. The van der Waals surface area contributed by atoms with Crippen molar-refractivity contribution in [2.45, 2.75) is 32.3 Å². The smallest absolute Gasteiger partial charge is 0.0897 e. The molecule has 2 nitrogen and oxygen atoms in total. The standard InChI is InChI=1S/C14H16ClNOS/c1-10-16-13(9-18-10)8-14(2,17)7-11-3-5-12(15)6-4-11/h3-6,9,17H,7-8H2,1-2H3. The van der Waals surface area contributed by atoms with Gasteiger partial charge in [-0.3, -0.25) is 0 Å². The van der Waals surface area contributed by atoms with Crippen LogP contribution in [0.3, 0.4) is 0 Å². The fourth-order valence-electron chi connectivity index (χ4n) is 1.98. The topological polar surface area (TPSA) is 33.1 Å². The minimum Gasteiger partial charge on any atom is -0.389 e. The van der Waals surface area contributed by atoms with Crippen LogP contribution in [0.2, 0.25) is 5.02 Å². The molecule has 0 aliphatic carbocycles. The largest absolute Gasteiger partial charge is 0.389 e. The quantitative estimate of drug-likeness (QED) is 0.928. The molecule has 1 aromatic carbocycles. The van der Waals surface area contributed by atoms with Crippen molar-refractivity contribution in [3.8, 4) is 0 Å². The van der Waals surface area contributed by atoms with Crippen molar-refractivity contribution in [3.63, 3.8) is 0 Å². The number of aryl methyl sites for hydroxylation is 1. The maximum Gasteiger partial charge on any atom is 0.0897 e. The van der Waals surface area contributed by atoms with Crippen molar-refractivity contribution in [1.29, 1.82) is 0 Å². The number of aromatic nitrogens is 1. The molecular formula is C14H16ClNOS. The van der Waals surface area contributed by atoms with Gasteiger partial charge in [0.1, 0.15) is 0 Å². The van der Waals surface area contributed by atoms with E-state index in [1.807, 2.05) is 43.5 Å². The Labute approximate surface area is 116 Å². The van der Waals surface area contributed by atoms with Gasteiger partial charge in [-0.05, 0) is 31.5 Å². The van der Waals surface area contributed by atoms with Gasteiger partial charge in [0.15, 0.2) is 0 Å². The second-order valence-corrected chi connectivity index (χ2v) is 6.33. The van der Waals surface area contributed by atoms with Crippen LogP contribution in [-0.2, 0) is 12.8 Å². The number of thiazole rings is 1. The monoisotopic (exact) mass is 281 g/mol. The number of aliphatic hydroxyl groups is 1. The molecule has 0 spiro atoms. The summed E-state index contributed by atoms with van der Waals surface area (Å²) >= 11 is 7.46. The number of benzene rings is 1. The Morgan fingerprint density at radius 1 is 1.28 bits per heavy atom. The highest BCUT2D eigenvalue weighted by Crippen LogP contribution is 2.21. The molecule has 1 atom stereocenters. The van der Waals surface area contributed by atoms with E-state index >= 15 is 0 Å². The van der Waals surface area contributed by atoms with Crippen LogP contribution in [0, 0.1) is 6.92 Å². The number of rotatable bonds is 4. The molecule has 0 saturated carbocycles.